The summed E-state index contributed by atoms with van der Waals surface area (Å²) >= 11 is 0. The van der Waals surface area contributed by atoms with E-state index in [9.17, 15) is 9.59 Å². The standard InChI is InChI=1S/C17H26N4O3/c1-13-7-18-12-21(17(13)23)8-14-3-5-20(6-4-14)10-15-9-19(2)16(22)11-24-15/h7,12,14-15H,3-6,8-11H2,1-2H3. The van der Waals surface area contributed by atoms with Crippen LogP contribution in [-0.2, 0) is 16.1 Å². The largest absolute Gasteiger partial charge is 0.365 e. The Balaban J connectivity index is 1.47. The van der Waals surface area contributed by atoms with E-state index in [1.165, 1.54) is 0 Å². The van der Waals surface area contributed by atoms with Gasteiger partial charge in [0.1, 0.15) is 6.61 Å². The van der Waals surface area contributed by atoms with E-state index < -0.39 is 0 Å². The number of piperidine rings is 1. The Morgan fingerprint density at radius 3 is 2.71 bits per heavy atom. The zero-order valence-electron chi connectivity index (χ0n) is 14.5. The molecule has 3 rings (SSSR count). The van der Waals surface area contributed by atoms with Crippen LogP contribution in [0.3, 0.4) is 0 Å². The molecule has 2 fully saturated rings. The van der Waals surface area contributed by atoms with Gasteiger partial charge >= 0.3 is 0 Å². The van der Waals surface area contributed by atoms with Gasteiger partial charge in [-0.3, -0.25) is 14.2 Å². The summed E-state index contributed by atoms with van der Waals surface area (Å²) in [4.78, 5) is 31.8. The Morgan fingerprint density at radius 2 is 2.00 bits per heavy atom. The average molecular weight is 334 g/mol. The maximum Gasteiger partial charge on any atom is 0.256 e. The number of hydrogen-bond donors (Lipinski definition) is 0. The summed E-state index contributed by atoms with van der Waals surface area (Å²) in [5.41, 5.74) is 0.763. The highest BCUT2D eigenvalue weighted by Gasteiger charge is 2.27. The van der Waals surface area contributed by atoms with Crippen molar-refractivity contribution in [1.82, 2.24) is 19.4 Å². The third kappa shape index (κ3) is 4.02. The lowest BCUT2D eigenvalue weighted by molar-refractivity contribution is -0.148. The van der Waals surface area contributed by atoms with Crippen LogP contribution in [0.25, 0.3) is 0 Å². The fourth-order valence-corrected chi connectivity index (χ4v) is 3.48. The molecule has 0 aromatic carbocycles. The van der Waals surface area contributed by atoms with Crippen LogP contribution in [0.1, 0.15) is 18.4 Å². The summed E-state index contributed by atoms with van der Waals surface area (Å²) in [6.07, 6.45) is 5.51. The van der Waals surface area contributed by atoms with Crippen LogP contribution >= 0.6 is 0 Å². The zero-order chi connectivity index (χ0) is 17.1. The fraction of sp³-hybridized carbons (Fsp3) is 0.706. The van der Waals surface area contributed by atoms with E-state index in [4.69, 9.17) is 4.74 Å². The van der Waals surface area contributed by atoms with Crippen molar-refractivity contribution >= 4 is 5.91 Å². The first kappa shape index (κ1) is 17.1. The number of carbonyl (C=O) groups is 1. The van der Waals surface area contributed by atoms with Crippen LogP contribution in [0.15, 0.2) is 17.3 Å². The molecule has 1 aromatic rings. The van der Waals surface area contributed by atoms with Crippen molar-refractivity contribution in [3.05, 3.63) is 28.4 Å². The third-order valence-corrected chi connectivity index (χ3v) is 5.04. The van der Waals surface area contributed by atoms with E-state index >= 15 is 0 Å². The molecular weight excluding hydrogens is 308 g/mol. The minimum atomic E-state index is 0.0576. The number of likely N-dealkylation sites (tertiary alicyclic amines) is 1. The predicted molar refractivity (Wildman–Crippen MR) is 89.8 cm³/mol. The van der Waals surface area contributed by atoms with Gasteiger partial charge in [0.25, 0.3) is 5.56 Å². The van der Waals surface area contributed by atoms with Gasteiger partial charge in [-0.15, -0.1) is 0 Å². The van der Waals surface area contributed by atoms with Crippen molar-refractivity contribution in [3.63, 3.8) is 0 Å². The number of hydrogen-bond acceptors (Lipinski definition) is 5. The van der Waals surface area contributed by atoms with E-state index in [0.717, 1.165) is 39.0 Å². The molecule has 7 nitrogen and oxygen atoms in total. The van der Waals surface area contributed by atoms with Crippen molar-refractivity contribution in [1.29, 1.82) is 0 Å². The van der Waals surface area contributed by atoms with E-state index in [1.807, 2.05) is 7.05 Å². The molecule has 0 radical (unpaired) electrons. The van der Waals surface area contributed by atoms with E-state index in [2.05, 4.69) is 9.88 Å². The number of carbonyl (C=O) groups excluding carboxylic acids is 1. The molecule has 1 atom stereocenters. The molecule has 132 valence electrons. The first-order chi connectivity index (χ1) is 11.5. The molecular formula is C17H26N4O3. The zero-order valence-corrected chi connectivity index (χ0v) is 14.5. The van der Waals surface area contributed by atoms with Crippen LogP contribution in [0, 0.1) is 12.8 Å². The van der Waals surface area contributed by atoms with E-state index in [0.29, 0.717) is 18.0 Å². The topological polar surface area (TPSA) is 67.7 Å². The highest BCUT2D eigenvalue weighted by molar-refractivity contribution is 5.77. The molecule has 0 spiro atoms. The maximum atomic E-state index is 12.1. The predicted octanol–water partition coefficient (Wildman–Crippen LogP) is 0.121. The lowest BCUT2D eigenvalue weighted by Gasteiger charge is -2.37. The SMILES string of the molecule is Cc1cncn(CC2CCN(CC3CN(C)C(=O)CO3)CC2)c1=O. The molecule has 3 heterocycles. The minimum Gasteiger partial charge on any atom is -0.365 e. The third-order valence-electron chi connectivity index (χ3n) is 5.04. The molecule has 2 aliphatic heterocycles. The molecule has 2 aliphatic rings. The first-order valence-corrected chi connectivity index (χ1v) is 8.62. The monoisotopic (exact) mass is 334 g/mol. The normalized spacial score (nSPS) is 23.7. The van der Waals surface area contributed by atoms with E-state index in [-0.39, 0.29) is 24.2 Å². The lowest BCUT2D eigenvalue weighted by atomic mass is 9.96. The number of morpholine rings is 1. The Hall–Kier alpha value is -1.73. The van der Waals surface area contributed by atoms with Crippen LogP contribution in [-0.4, -0.2) is 71.2 Å². The number of ether oxygens (including phenoxy) is 1. The molecule has 0 bridgehead atoms. The van der Waals surface area contributed by atoms with Gasteiger partial charge in [-0.2, -0.15) is 0 Å². The Kier molecular flexibility index (Phi) is 5.30. The highest BCUT2D eigenvalue weighted by atomic mass is 16.5. The van der Waals surface area contributed by atoms with Gasteiger partial charge in [0.05, 0.1) is 12.4 Å². The molecule has 7 heteroatoms. The highest BCUT2D eigenvalue weighted by Crippen LogP contribution is 2.19. The number of likely N-dealkylation sites (N-methyl/N-ethyl adjacent to an activating group) is 1. The number of rotatable bonds is 4. The van der Waals surface area contributed by atoms with Crippen molar-refractivity contribution in [2.24, 2.45) is 5.92 Å². The molecule has 1 unspecified atom stereocenters. The molecule has 24 heavy (non-hydrogen) atoms. The number of nitrogens with zero attached hydrogens (tertiary/aromatic N) is 4. The van der Waals surface area contributed by atoms with Crippen molar-refractivity contribution < 1.29 is 9.53 Å². The summed E-state index contributed by atoms with van der Waals surface area (Å²) in [6.45, 7) is 6.31. The maximum absolute atomic E-state index is 12.1. The fourth-order valence-electron chi connectivity index (χ4n) is 3.48. The van der Waals surface area contributed by atoms with Crippen molar-refractivity contribution in [2.45, 2.75) is 32.4 Å². The van der Waals surface area contributed by atoms with Gasteiger partial charge in [-0.1, -0.05) is 0 Å². The smallest absolute Gasteiger partial charge is 0.256 e. The number of aryl methyl sites for hydroxylation is 1. The summed E-state index contributed by atoms with van der Waals surface area (Å²) in [5, 5.41) is 0. The second kappa shape index (κ2) is 7.44. The van der Waals surface area contributed by atoms with Crippen molar-refractivity contribution in [3.8, 4) is 0 Å². The molecule has 1 amide bonds. The molecule has 1 aromatic heterocycles. The van der Waals surface area contributed by atoms with Gasteiger partial charge in [0.15, 0.2) is 0 Å². The van der Waals surface area contributed by atoms with Gasteiger partial charge in [0, 0.05) is 38.4 Å². The number of aromatic nitrogens is 2. The van der Waals surface area contributed by atoms with Crippen LogP contribution < -0.4 is 5.56 Å². The first-order valence-electron chi connectivity index (χ1n) is 8.62. The Bertz CT molecular complexity index is 637. The minimum absolute atomic E-state index is 0.0576. The molecule has 0 saturated carbocycles. The Labute approximate surface area is 142 Å². The Morgan fingerprint density at radius 1 is 1.25 bits per heavy atom. The van der Waals surface area contributed by atoms with Crippen molar-refractivity contribution in [2.75, 3.05) is 39.8 Å². The molecule has 0 aliphatic carbocycles. The summed E-state index contributed by atoms with van der Waals surface area (Å²) < 4.78 is 7.36. The molecule has 2 saturated heterocycles. The summed E-state index contributed by atoms with van der Waals surface area (Å²) in [7, 11) is 1.83. The summed E-state index contributed by atoms with van der Waals surface area (Å²) in [6, 6.07) is 0. The van der Waals surface area contributed by atoms with Gasteiger partial charge in [0.2, 0.25) is 5.91 Å². The van der Waals surface area contributed by atoms with Crippen LogP contribution in [0.5, 0.6) is 0 Å². The number of amides is 1. The van der Waals surface area contributed by atoms with Gasteiger partial charge in [-0.05, 0) is 38.8 Å². The van der Waals surface area contributed by atoms with Gasteiger partial charge < -0.3 is 14.5 Å². The van der Waals surface area contributed by atoms with Gasteiger partial charge in [-0.25, -0.2) is 4.98 Å². The van der Waals surface area contributed by atoms with Crippen LogP contribution in [0.4, 0.5) is 0 Å². The average Bonchev–Trinajstić information content (AvgIpc) is 2.57. The quantitative estimate of drug-likeness (QED) is 0.782. The van der Waals surface area contributed by atoms with Crippen LogP contribution in [0.2, 0.25) is 0 Å². The lowest BCUT2D eigenvalue weighted by Crippen LogP contribution is -2.50. The second-order valence-electron chi connectivity index (χ2n) is 6.99. The summed E-state index contributed by atoms with van der Waals surface area (Å²) in [5.74, 6) is 0.571. The molecule has 0 N–H and O–H groups in total. The van der Waals surface area contributed by atoms with E-state index in [1.54, 1.807) is 28.9 Å². The second-order valence-corrected chi connectivity index (χ2v) is 6.99.